The van der Waals surface area contributed by atoms with E-state index in [1.807, 2.05) is 14.1 Å². The Labute approximate surface area is 195 Å². The lowest BCUT2D eigenvalue weighted by Crippen LogP contribution is -2.48. The average Bonchev–Trinajstić information content (AvgIpc) is 2.64. The molecule has 0 bridgehead atoms. The highest BCUT2D eigenvalue weighted by molar-refractivity contribution is 14.0. The molecule has 6 nitrogen and oxygen atoms in total. The minimum absolute atomic E-state index is 0. The lowest BCUT2D eigenvalue weighted by Gasteiger charge is -2.30. The van der Waals surface area contributed by atoms with Crippen molar-refractivity contribution in [3.8, 4) is 0 Å². The number of esters is 2. The summed E-state index contributed by atoms with van der Waals surface area (Å²) in [6.07, 6.45) is 13.5. The van der Waals surface area contributed by atoms with Crippen LogP contribution in [0.2, 0.25) is 0 Å². The molecule has 7 heteroatoms. The number of rotatable bonds is 18. The molecule has 1 atom stereocenters. The van der Waals surface area contributed by atoms with Gasteiger partial charge in [0.05, 0.1) is 14.1 Å². The van der Waals surface area contributed by atoms with E-state index in [0.29, 0.717) is 13.0 Å². The van der Waals surface area contributed by atoms with Crippen LogP contribution in [-0.2, 0) is 19.1 Å². The van der Waals surface area contributed by atoms with Crippen molar-refractivity contribution in [1.82, 2.24) is 0 Å². The number of hydrogen-bond donors (Lipinski definition) is 1. The molecule has 0 aliphatic heterocycles. The Morgan fingerprint density at radius 2 is 1.38 bits per heavy atom. The first-order valence-corrected chi connectivity index (χ1v) is 11.1. The van der Waals surface area contributed by atoms with Crippen LogP contribution in [0.1, 0.15) is 90.9 Å². The van der Waals surface area contributed by atoms with E-state index in [1.54, 1.807) is 0 Å². The van der Waals surface area contributed by atoms with Crippen LogP contribution in [0.15, 0.2) is 0 Å². The second-order valence-electron chi connectivity index (χ2n) is 8.46. The van der Waals surface area contributed by atoms with Gasteiger partial charge in [0.15, 0.2) is 12.8 Å². The van der Waals surface area contributed by atoms with Gasteiger partial charge in [-0.2, -0.15) is 0 Å². The molecule has 0 aromatic carbocycles. The first-order chi connectivity index (χ1) is 13.3. The van der Waals surface area contributed by atoms with Crippen molar-refractivity contribution in [3.63, 3.8) is 0 Å². The molecule has 174 valence electrons. The number of nitrogens with zero attached hydrogens (tertiary/aromatic N) is 1. The maximum absolute atomic E-state index is 12.1. The second-order valence-corrected chi connectivity index (χ2v) is 8.46. The van der Waals surface area contributed by atoms with E-state index in [0.717, 1.165) is 19.3 Å². The van der Waals surface area contributed by atoms with Gasteiger partial charge in [0.1, 0.15) is 13.2 Å². The summed E-state index contributed by atoms with van der Waals surface area (Å²) in [7, 11) is 3.66. The van der Waals surface area contributed by atoms with Crippen LogP contribution in [0.25, 0.3) is 0 Å². The molecule has 0 aromatic heterocycles. The van der Waals surface area contributed by atoms with Crippen LogP contribution < -0.4 is 0 Å². The van der Waals surface area contributed by atoms with E-state index in [1.165, 1.54) is 58.3 Å². The lowest BCUT2D eigenvalue weighted by molar-refractivity contribution is -0.911. The molecule has 0 aliphatic rings. The van der Waals surface area contributed by atoms with Crippen molar-refractivity contribution in [2.75, 3.05) is 34.0 Å². The second kappa shape index (κ2) is 19.5. The van der Waals surface area contributed by atoms with Crippen LogP contribution in [0, 0.1) is 0 Å². The normalized spacial score (nSPS) is 12.2. The van der Waals surface area contributed by atoms with Crippen molar-refractivity contribution >= 4 is 35.9 Å². The number of aliphatic hydroxyl groups excluding tert-OH is 1. The van der Waals surface area contributed by atoms with Crippen molar-refractivity contribution in [2.45, 2.75) is 97.0 Å². The van der Waals surface area contributed by atoms with Crippen LogP contribution in [-0.4, -0.2) is 61.6 Å². The third-order valence-corrected chi connectivity index (χ3v) is 4.84. The highest BCUT2D eigenvalue weighted by Gasteiger charge is 2.25. The first-order valence-electron chi connectivity index (χ1n) is 11.1. The summed E-state index contributed by atoms with van der Waals surface area (Å²) in [5.74, 6) is -0.660. The molecule has 0 fully saturated rings. The van der Waals surface area contributed by atoms with Gasteiger partial charge in [0.2, 0.25) is 0 Å². The molecule has 0 aliphatic carbocycles. The summed E-state index contributed by atoms with van der Waals surface area (Å²) in [5.41, 5.74) is 0. The minimum atomic E-state index is -0.536. The molecule has 0 rings (SSSR count). The minimum Gasteiger partial charge on any atom is -0.462 e. The lowest BCUT2D eigenvalue weighted by atomic mass is 10.1. The van der Waals surface area contributed by atoms with E-state index in [-0.39, 0.29) is 47.8 Å². The van der Waals surface area contributed by atoms with Crippen molar-refractivity contribution < 1.29 is 28.7 Å². The summed E-state index contributed by atoms with van der Waals surface area (Å²) >= 11 is 0. The Bertz CT molecular complexity index is 418. The molecular weight excluding hydrogens is 485 g/mol. The van der Waals surface area contributed by atoms with E-state index in [4.69, 9.17) is 9.47 Å². The van der Waals surface area contributed by atoms with Crippen molar-refractivity contribution in [2.24, 2.45) is 0 Å². The predicted molar refractivity (Wildman–Crippen MR) is 127 cm³/mol. The molecule has 0 saturated carbocycles. The number of aliphatic hydroxyl groups is 1. The van der Waals surface area contributed by atoms with Crippen LogP contribution in [0.3, 0.4) is 0 Å². The zero-order valence-corrected chi connectivity index (χ0v) is 21.4. The van der Waals surface area contributed by atoms with Gasteiger partial charge in [0.25, 0.3) is 0 Å². The molecule has 0 spiro atoms. The fourth-order valence-electron chi connectivity index (χ4n) is 3.12. The Hall–Kier alpha value is -0.410. The third-order valence-electron chi connectivity index (χ3n) is 4.84. The predicted octanol–water partition coefficient (Wildman–Crippen LogP) is 4.81. The fraction of sp³-hybridized carbons (Fsp3) is 0.909. The van der Waals surface area contributed by atoms with E-state index >= 15 is 0 Å². The number of ether oxygens (including phenoxy) is 2. The Morgan fingerprint density at radius 3 is 1.83 bits per heavy atom. The van der Waals surface area contributed by atoms with E-state index < -0.39 is 12.1 Å². The SMILES string of the molecule is CCCCCCCCCCCCCC(=O)OC(COC(C)=O)C[N+](C)(C)CO.I. The average molecular weight is 531 g/mol. The topological polar surface area (TPSA) is 72.8 Å². The van der Waals surface area contributed by atoms with Crippen LogP contribution in [0.4, 0.5) is 0 Å². The molecular formula is C22H45INO5+. The number of hydrogen-bond acceptors (Lipinski definition) is 5. The summed E-state index contributed by atoms with van der Waals surface area (Å²) in [6, 6.07) is 0. The van der Waals surface area contributed by atoms with Gasteiger partial charge in [-0.15, -0.1) is 24.0 Å². The molecule has 1 N–H and O–H groups in total. The van der Waals surface area contributed by atoms with Gasteiger partial charge in [-0.05, 0) is 6.42 Å². The third kappa shape index (κ3) is 20.6. The van der Waals surface area contributed by atoms with Gasteiger partial charge in [-0.25, -0.2) is 0 Å². The zero-order valence-electron chi connectivity index (χ0n) is 19.1. The standard InChI is InChI=1S/C22H44NO5.HI/c1-5-6-7-8-9-10-11-12-13-14-15-16-22(26)28-21(18-27-20(2)25)17-23(3,4)19-24;/h21,24H,5-19H2,1-4H3;1H/q+1;. The molecule has 0 amide bonds. The van der Waals surface area contributed by atoms with E-state index in [2.05, 4.69) is 6.92 Å². The van der Waals surface area contributed by atoms with Gasteiger partial charge in [0, 0.05) is 13.3 Å². The Balaban J connectivity index is 0. The number of halogens is 1. The summed E-state index contributed by atoms with van der Waals surface area (Å²) < 4.78 is 10.8. The molecule has 1 unspecified atom stereocenters. The van der Waals surface area contributed by atoms with Crippen LogP contribution >= 0.6 is 24.0 Å². The molecule has 0 aromatic rings. The number of quaternary nitrogens is 1. The maximum atomic E-state index is 12.1. The number of carbonyl (C=O) groups excluding carboxylic acids is 2. The Kier molecular flexibility index (Phi) is 20.7. The smallest absolute Gasteiger partial charge is 0.306 e. The quantitative estimate of drug-likeness (QED) is 0.0906. The van der Waals surface area contributed by atoms with Gasteiger partial charge < -0.3 is 19.1 Å². The van der Waals surface area contributed by atoms with Crippen LogP contribution in [0.5, 0.6) is 0 Å². The monoisotopic (exact) mass is 530 g/mol. The molecule has 0 saturated heterocycles. The highest BCUT2D eigenvalue weighted by atomic mass is 127. The fourth-order valence-corrected chi connectivity index (χ4v) is 3.12. The number of carbonyl (C=O) groups is 2. The van der Waals surface area contributed by atoms with Gasteiger partial charge >= 0.3 is 11.9 Å². The number of likely N-dealkylation sites (N-methyl/N-ethyl adjacent to an activating group) is 1. The van der Waals surface area contributed by atoms with E-state index in [9.17, 15) is 14.7 Å². The summed E-state index contributed by atoms with van der Waals surface area (Å²) in [4.78, 5) is 23.1. The van der Waals surface area contributed by atoms with Gasteiger partial charge in [-0.3, -0.25) is 9.59 Å². The first kappa shape index (κ1) is 30.8. The van der Waals surface area contributed by atoms with Gasteiger partial charge in [-0.1, -0.05) is 71.1 Å². The highest BCUT2D eigenvalue weighted by Crippen LogP contribution is 2.13. The number of unbranched alkanes of at least 4 members (excludes halogenated alkanes) is 10. The molecule has 29 heavy (non-hydrogen) atoms. The zero-order chi connectivity index (χ0) is 21.3. The maximum Gasteiger partial charge on any atom is 0.306 e. The Morgan fingerprint density at radius 1 is 0.897 bits per heavy atom. The van der Waals surface area contributed by atoms with Crippen molar-refractivity contribution in [1.29, 1.82) is 0 Å². The molecule has 0 heterocycles. The summed E-state index contributed by atoms with van der Waals surface area (Å²) in [6.45, 7) is 3.92. The molecule has 0 radical (unpaired) electrons. The van der Waals surface area contributed by atoms with Crippen molar-refractivity contribution in [3.05, 3.63) is 0 Å². The summed E-state index contributed by atoms with van der Waals surface area (Å²) in [5, 5.41) is 9.39. The largest absolute Gasteiger partial charge is 0.462 e.